The first kappa shape index (κ1) is 18.2. The van der Waals surface area contributed by atoms with Gasteiger partial charge in [-0.05, 0) is 35.6 Å². The van der Waals surface area contributed by atoms with E-state index in [2.05, 4.69) is 24.1 Å². The lowest BCUT2D eigenvalue weighted by atomic mass is 9.90. The van der Waals surface area contributed by atoms with Crippen LogP contribution in [0.25, 0.3) is 10.9 Å². The maximum absolute atomic E-state index is 13.2. The molecule has 1 N–H and O–H groups in total. The molecule has 5 nitrogen and oxygen atoms in total. The number of aromatic nitrogens is 1. The fourth-order valence-electron chi connectivity index (χ4n) is 3.70. The molecule has 1 saturated heterocycles. The highest BCUT2D eigenvalue weighted by atomic mass is 16.2. The van der Waals surface area contributed by atoms with Crippen LogP contribution in [-0.4, -0.2) is 21.8 Å². The Hall–Kier alpha value is -3.21. The van der Waals surface area contributed by atoms with E-state index in [-0.39, 0.29) is 18.5 Å². The fourth-order valence-corrected chi connectivity index (χ4v) is 3.70. The number of carbonyl (C=O) groups is 2. The van der Waals surface area contributed by atoms with Crippen LogP contribution < -0.4 is 5.32 Å². The van der Waals surface area contributed by atoms with E-state index >= 15 is 0 Å². The van der Waals surface area contributed by atoms with E-state index in [1.807, 2.05) is 54.6 Å². The zero-order valence-electron chi connectivity index (χ0n) is 16.3. The van der Waals surface area contributed by atoms with Gasteiger partial charge in [0.1, 0.15) is 5.54 Å². The van der Waals surface area contributed by atoms with Gasteiger partial charge < -0.3 is 5.32 Å². The molecule has 0 bridgehead atoms. The average molecular weight is 373 g/mol. The van der Waals surface area contributed by atoms with Gasteiger partial charge in [0.2, 0.25) is 0 Å². The van der Waals surface area contributed by atoms with Gasteiger partial charge in [-0.25, -0.2) is 4.79 Å². The molecule has 3 aromatic rings. The minimum atomic E-state index is -1.06. The van der Waals surface area contributed by atoms with Crippen molar-refractivity contribution in [3.05, 3.63) is 77.5 Å². The molecule has 1 aliphatic heterocycles. The summed E-state index contributed by atoms with van der Waals surface area (Å²) in [6, 6.07) is 17.1. The summed E-state index contributed by atoms with van der Waals surface area (Å²) in [4.78, 5) is 31.6. The molecule has 1 aromatic heterocycles. The highest BCUT2D eigenvalue weighted by Crippen LogP contribution is 2.31. The van der Waals surface area contributed by atoms with E-state index in [0.717, 1.165) is 22.0 Å². The minimum absolute atomic E-state index is 0.193. The van der Waals surface area contributed by atoms with Crippen LogP contribution in [0.1, 0.15) is 43.4 Å². The van der Waals surface area contributed by atoms with Gasteiger partial charge in [-0.2, -0.15) is 0 Å². The van der Waals surface area contributed by atoms with Crippen molar-refractivity contribution in [1.29, 1.82) is 0 Å². The summed E-state index contributed by atoms with van der Waals surface area (Å²) in [7, 11) is 0. The Morgan fingerprint density at radius 1 is 1.04 bits per heavy atom. The largest absolute Gasteiger partial charge is 0.325 e. The molecule has 0 radical (unpaired) electrons. The molecule has 0 spiro atoms. The summed E-state index contributed by atoms with van der Waals surface area (Å²) in [5.41, 5.74) is 2.57. The molecule has 2 aromatic carbocycles. The Kier molecular flexibility index (Phi) is 4.38. The summed E-state index contributed by atoms with van der Waals surface area (Å²) in [5.74, 6) is 0.161. The quantitative estimate of drug-likeness (QED) is 0.693. The fraction of sp³-hybridized carbons (Fsp3) is 0.261. The van der Waals surface area contributed by atoms with Crippen LogP contribution >= 0.6 is 0 Å². The number of nitrogens with zero attached hydrogens (tertiary/aromatic N) is 2. The van der Waals surface area contributed by atoms with Gasteiger partial charge in [0.05, 0.1) is 12.1 Å². The number of urea groups is 1. The third-order valence-electron chi connectivity index (χ3n) is 5.47. The van der Waals surface area contributed by atoms with Gasteiger partial charge in [0.25, 0.3) is 5.91 Å². The van der Waals surface area contributed by atoms with E-state index < -0.39 is 5.54 Å². The topological polar surface area (TPSA) is 62.3 Å². The van der Waals surface area contributed by atoms with Crippen molar-refractivity contribution in [1.82, 2.24) is 15.2 Å². The first-order chi connectivity index (χ1) is 13.4. The van der Waals surface area contributed by atoms with E-state index in [0.29, 0.717) is 5.92 Å². The van der Waals surface area contributed by atoms with Crippen LogP contribution in [0.2, 0.25) is 0 Å². The summed E-state index contributed by atoms with van der Waals surface area (Å²) < 4.78 is 0. The van der Waals surface area contributed by atoms with Crippen molar-refractivity contribution in [3.8, 4) is 0 Å². The number of pyridine rings is 1. The number of fused-ring (bicyclic) bond motifs is 1. The average Bonchev–Trinajstić information content (AvgIpc) is 2.92. The number of hydrogen-bond acceptors (Lipinski definition) is 3. The second kappa shape index (κ2) is 6.75. The van der Waals surface area contributed by atoms with Crippen molar-refractivity contribution in [2.24, 2.45) is 0 Å². The van der Waals surface area contributed by atoms with Gasteiger partial charge in [-0.1, -0.05) is 62.4 Å². The molecular formula is C23H23N3O2. The Labute approximate surface area is 164 Å². The Morgan fingerprint density at radius 2 is 1.75 bits per heavy atom. The lowest BCUT2D eigenvalue weighted by molar-refractivity contribution is -0.131. The third-order valence-corrected chi connectivity index (χ3v) is 5.47. The third kappa shape index (κ3) is 2.93. The zero-order valence-corrected chi connectivity index (χ0v) is 16.3. The van der Waals surface area contributed by atoms with Crippen molar-refractivity contribution in [2.45, 2.75) is 38.8 Å². The Balaban J connectivity index is 1.65. The molecular weight excluding hydrogens is 350 g/mol. The van der Waals surface area contributed by atoms with Crippen LogP contribution in [0, 0.1) is 0 Å². The van der Waals surface area contributed by atoms with Crippen molar-refractivity contribution >= 4 is 22.8 Å². The second-order valence-corrected chi connectivity index (χ2v) is 7.72. The van der Waals surface area contributed by atoms with E-state index in [1.165, 1.54) is 10.5 Å². The van der Waals surface area contributed by atoms with Gasteiger partial charge >= 0.3 is 6.03 Å². The Bertz CT molecular complexity index is 1050. The molecule has 2 heterocycles. The summed E-state index contributed by atoms with van der Waals surface area (Å²) in [6.07, 6.45) is 1.72. The van der Waals surface area contributed by atoms with Crippen molar-refractivity contribution < 1.29 is 9.59 Å². The lowest BCUT2D eigenvalue weighted by Crippen LogP contribution is -2.40. The molecule has 5 heteroatoms. The van der Waals surface area contributed by atoms with Gasteiger partial charge in [0.15, 0.2) is 0 Å². The molecule has 0 saturated carbocycles. The molecule has 1 fully saturated rings. The van der Waals surface area contributed by atoms with Crippen LogP contribution in [0.3, 0.4) is 0 Å². The number of para-hydroxylation sites is 1. The minimum Gasteiger partial charge on any atom is -0.319 e. The smallest absolute Gasteiger partial charge is 0.319 e. The van der Waals surface area contributed by atoms with E-state index in [4.69, 9.17) is 0 Å². The van der Waals surface area contributed by atoms with E-state index in [9.17, 15) is 9.59 Å². The molecule has 1 atom stereocenters. The molecule has 4 rings (SSSR count). The number of benzene rings is 2. The van der Waals surface area contributed by atoms with Crippen LogP contribution in [0.4, 0.5) is 4.79 Å². The standard InChI is InChI=1S/C23H23N3O2/c1-15(2)16-9-11-19(12-10-16)23(3)21(27)26(22(28)25-23)14-18-7-4-6-17-8-5-13-24-20(17)18/h4-13,15H,14H2,1-3H3,(H,25,28). The summed E-state index contributed by atoms with van der Waals surface area (Å²) in [5, 5.41) is 3.87. The van der Waals surface area contributed by atoms with Crippen LogP contribution in [0.5, 0.6) is 0 Å². The zero-order chi connectivity index (χ0) is 19.9. The molecule has 3 amide bonds. The molecule has 1 aliphatic rings. The summed E-state index contributed by atoms with van der Waals surface area (Å²) >= 11 is 0. The highest BCUT2D eigenvalue weighted by Gasteiger charge is 2.48. The first-order valence-electron chi connectivity index (χ1n) is 9.47. The Morgan fingerprint density at radius 3 is 2.46 bits per heavy atom. The normalized spacial score (nSPS) is 19.5. The van der Waals surface area contributed by atoms with Crippen LogP contribution in [0.15, 0.2) is 60.8 Å². The maximum atomic E-state index is 13.2. The number of hydrogen-bond donors (Lipinski definition) is 1. The summed E-state index contributed by atoms with van der Waals surface area (Å²) in [6.45, 7) is 6.20. The monoisotopic (exact) mass is 373 g/mol. The van der Waals surface area contributed by atoms with Gasteiger partial charge in [-0.3, -0.25) is 14.7 Å². The van der Waals surface area contributed by atoms with Gasteiger partial charge in [-0.15, -0.1) is 0 Å². The highest BCUT2D eigenvalue weighted by molar-refractivity contribution is 6.07. The molecule has 1 unspecified atom stereocenters. The van der Waals surface area contributed by atoms with E-state index in [1.54, 1.807) is 13.1 Å². The number of carbonyl (C=O) groups excluding carboxylic acids is 2. The van der Waals surface area contributed by atoms with Crippen LogP contribution in [-0.2, 0) is 16.9 Å². The second-order valence-electron chi connectivity index (χ2n) is 7.72. The molecule has 0 aliphatic carbocycles. The van der Waals surface area contributed by atoms with Crippen molar-refractivity contribution in [3.63, 3.8) is 0 Å². The maximum Gasteiger partial charge on any atom is 0.325 e. The SMILES string of the molecule is CC(C)c1ccc(C2(C)NC(=O)N(Cc3cccc4cccnc34)C2=O)cc1. The predicted molar refractivity (Wildman–Crippen MR) is 109 cm³/mol. The molecule has 142 valence electrons. The lowest BCUT2D eigenvalue weighted by Gasteiger charge is -2.23. The predicted octanol–water partition coefficient (Wildman–Crippen LogP) is 4.33. The van der Waals surface area contributed by atoms with Crippen molar-refractivity contribution in [2.75, 3.05) is 0 Å². The number of amides is 3. The molecule has 28 heavy (non-hydrogen) atoms. The number of nitrogens with one attached hydrogen (secondary N) is 1. The number of rotatable bonds is 4. The van der Waals surface area contributed by atoms with Gasteiger partial charge in [0, 0.05) is 11.6 Å². The first-order valence-corrected chi connectivity index (χ1v) is 9.47. The number of imide groups is 1.